The second-order valence-corrected chi connectivity index (χ2v) is 4.17. The van der Waals surface area contributed by atoms with Crippen LogP contribution in [0.5, 0.6) is 5.75 Å². The number of ether oxygens (including phenoxy) is 1. The van der Waals surface area contributed by atoms with Crippen LogP contribution in [-0.4, -0.2) is 41.3 Å². The molecule has 114 valence electrons. The Morgan fingerprint density at radius 1 is 1.29 bits per heavy atom. The normalized spacial score (nSPS) is 11.3. The van der Waals surface area contributed by atoms with Crippen molar-refractivity contribution in [3.63, 3.8) is 0 Å². The number of carbonyl (C=O) groups excluding carboxylic acids is 1. The molecule has 0 heterocycles. The molecule has 21 heavy (non-hydrogen) atoms. The molecular weight excluding hydrogens is 280 g/mol. The van der Waals surface area contributed by atoms with Crippen LogP contribution in [0.2, 0.25) is 0 Å². The van der Waals surface area contributed by atoms with Gasteiger partial charge in [0.1, 0.15) is 11.8 Å². The number of hydrogen-bond donors (Lipinski definition) is 4. The van der Waals surface area contributed by atoms with Gasteiger partial charge in [-0.05, 0) is 17.7 Å². The van der Waals surface area contributed by atoms with Crippen LogP contribution >= 0.6 is 0 Å². The minimum atomic E-state index is -1.48. The van der Waals surface area contributed by atoms with Crippen LogP contribution in [-0.2, 0) is 16.1 Å². The molecule has 1 atom stereocenters. The Balaban J connectivity index is 2.52. The number of aliphatic carboxylic acids is 2. The van der Waals surface area contributed by atoms with Crippen LogP contribution in [0.4, 0.5) is 4.79 Å². The zero-order valence-corrected chi connectivity index (χ0v) is 11.3. The second kappa shape index (κ2) is 7.73. The van der Waals surface area contributed by atoms with Gasteiger partial charge in [0.15, 0.2) is 0 Å². The number of urea groups is 1. The van der Waals surface area contributed by atoms with Gasteiger partial charge in [-0.1, -0.05) is 12.1 Å². The van der Waals surface area contributed by atoms with E-state index in [4.69, 9.17) is 14.9 Å². The average Bonchev–Trinajstić information content (AvgIpc) is 2.44. The van der Waals surface area contributed by atoms with E-state index in [2.05, 4.69) is 10.6 Å². The molecule has 4 N–H and O–H groups in total. The minimum absolute atomic E-state index is 0.155. The predicted octanol–water partition coefficient (Wildman–Crippen LogP) is 0.422. The maximum Gasteiger partial charge on any atom is 0.326 e. The summed E-state index contributed by atoms with van der Waals surface area (Å²) in [7, 11) is 1.52. The fraction of sp³-hybridized carbons (Fsp3) is 0.308. The predicted molar refractivity (Wildman–Crippen MR) is 72.0 cm³/mol. The van der Waals surface area contributed by atoms with E-state index in [1.54, 1.807) is 24.3 Å². The molecule has 0 saturated heterocycles. The molecule has 2 amide bonds. The van der Waals surface area contributed by atoms with E-state index in [0.29, 0.717) is 5.75 Å². The van der Waals surface area contributed by atoms with E-state index in [9.17, 15) is 14.4 Å². The van der Waals surface area contributed by atoms with Crippen LogP contribution in [0, 0.1) is 0 Å². The third kappa shape index (κ3) is 5.81. The Labute approximate surface area is 120 Å². The van der Waals surface area contributed by atoms with Crippen molar-refractivity contribution in [2.45, 2.75) is 19.0 Å². The maximum absolute atomic E-state index is 11.6. The van der Waals surface area contributed by atoms with Gasteiger partial charge in [-0.2, -0.15) is 0 Å². The number of carboxylic acid groups (broad SMARTS) is 2. The second-order valence-electron chi connectivity index (χ2n) is 4.17. The lowest BCUT2D eigenvalue weighted by Gasteiger charge is -2.13. The van der Waals surface area contributed by atoms with E-state index in [-0.39, 0.29) is 6.54 Å². The minimum Gasteiger partial charge on any atom is -0.497 e. The highest BCUT2D eigenvalue weighted by Gasteiger charge is 2.22. The molecule has 0 unspecified atom stereocenters. The quantitative estimate of drug-likeness (QED) is 0.578. The van der Waals surface area contributed by atoms with Crippen molar-refractivity contribution >= 4 is 18.0 Å². The molecule has 0 aromatic heterocycles. The third-order valence-corrected chi connectivity index (χ3v) is 2.57. The Bertz CT molecular complexity index is 531. The lowest BCUT2D eigenvalue weighted by molar-refractivity contribution is -0.145. The van der Waals surface area contributed by atoms with Crippen LogP contribution in [0.15, 0.2) is 24.3 Å². The van der Waals surface area contributed by atoms with Gasteiger partial charge in [-0.25, -0.2) is 9.59 Å². The lowest BCUT2D eigenvalue weighted by atomic mass is 10.2. The topological polar surface area (TPSA) is 125 Å². The van der Waals surface area contributed by atoms with Crippen LogP contribution in [0.3, 0.4) is 0 Å². The fourth-order valence-electron chi connectivity index (χ4n) is 1.55. The van der Waals surface area contributed by atoms with Crippen molar-refractivity contribution in [3.8, 4) is 5.75 Å². The van der Waals surface area contributed by atoms with Gasteiger partial charge in [-0.3, -0.25) is 4.79 Å². The summed E-state index contributed by atoms with van der Waals surface area (Å²) in [5, 5.41) is 21.9. The Kier molecular flexibility index (Phi) is 5.99. The zero-order chi connectivity index (χ0) is 15.8. The first-order valence-corrected chi connectivity index (χ1v) is 6.04. The SMILES string of the molecule is COc1cccc(CNC(=O)N[C@@H](CC(=O)O)C(=O)O)c1. The van der Waals surface area contributed by atoms with Gasteiger partial charge in [0.2, 0.25) is 0 Å². The zero-order valence-electron chi connectivity index (χ0n) is 11.3. The van der Waals surface area contributed by atoms with Gasteiger partial charge in [0.25, 0.3) is 0 Å². The molecule has 0 radical (unpaired) electrons. The monoisotopic (exact) mass is 296 g/mol. The molecule has 0 saturated carbocycles. The van der Waals surface area contributed by atoms with Crippen molar-refractivity contribution in [1.82, 2.24) is 10.6 Å². The molecule has 0 aliphatic rings. The summed E-state index contributed by atoms with van der Waals surface area (Å²) in [5.41, 5.74) is 0.759. The standard InChI is InChI=1S/C13H16N2O6/c1-21-9-4-2-3-8(5-9)7-14-13(20)15-10(12(18)19)6-11(16)17/h2-5,10H,6-7H2,1H3,(H,16,17)(H,18,19)(H2,14,15,20)/t10-/m0/s1. The Hall–Kier alpha value is -2.77. The van der Waals surface area contributed by atoms with Crippen LogP contribution in [0.25, 0.3) is 0 Å². The molecule has 1 aromatic carbocycles. The highest BCUT2D eigenvalue weighted by molar-refractivity contribution is 5.86. The van der Waals surface area contributed by atoms with Gasteiger partial charge in [0.05, 0.1) is 13.5 Å². The first-order valence-electron chi connectivity index (χ1n) is 6.04. The summed E-state index contributed by atoms with van der Waals surface area (Å²) in [4.78, 5) is 32.9. The van der Waals surface area contributed by atoms with Crippen molar-refractivity contribution in [2.75, 3.05) is 7.11 Å². The van der Waals surface area contributed by atoms with Gasteiger partial charge >= 0.3 is 18.0 Å². The van der Waals surface area contributed by atoms with Crippen molar-refractivity contribution in [2.24, 2.45) is 0 Å². The van der Waals surface area contributed by atoms with E-state index in [1.165, 1.54) is 7.11 Å². The largest absolute Gasteiger partial charge is 0.497 e. The number of methoxy groups -OCH3 is 1. The molecule has 0 spiro atoms. The molecular formula is C13H16N2O6. The summed E-state index contributed by atoms with van der Waals surface area (Å²) in [6.07, 6.45) is -0.693. The van der Waals surface area contributed by atoms with Crippen LogP contribution in [0.1, 0.15) is 12.0 Å². The molecule has 0 bridgehead atoms. The number of hydrogen-bond acceptors (Lipinski definition) is 4. The molecule has 1 rings (SSSR count). The van der Waals surface area contributed by atoms with E-state index in [1.807, 2.05) is 0 Å². The molecule has 0 fully saturated rings. The summed E-state index contributed by atoms with van der Waals surface area (Å²) in [6, 6.07) is 4.73. The molecule has 8 nitrogen and oxygen atoms in total. The number of amides is 2. The number of carbonyl (C=O) groups is 3. The molecule has 8 heteroatoms. The summed E-state index contributed by atoms with van der Waals surface area (Å²) >= 11 is 0. The van der Waals surface area contributed by atoms with Crippen molar-refractivity contribution < 1.29 is 29.3 Å². The maximum atomic E-state index is 11.6. The number of rotatable bonds is 7. The van der Waals surface area contributed by atoms with E-state index in [0.717, 1.165) is 5.56 Å². The average molecular weight is 296 g/mol. The first-order chi connectivity index (χ1) is 9.92. The highest BCUT2D eigenvalue weighted by Crippen LogP contribution is 2.12. The van der Waals surface area contributed by atoms with Crippen molar-refractivity contribution in [1.29, 1.82) is 0 Å². The van der Waals surface area contributed by atoms with E-state index < -0.39 is 30.4 Å². The molecule has 1 aromatic rings. The lowest BCUT2D eigenvalue weighted by Crippen LogP contribution is -2.46. The van der Waals surface area contributed by atoms with Crippen molar-refractivity contribution in [3.05, 3.63) is 29.8 Å². The number of benzene rings is 1. The fourth-order valence-corrected chi connectivity index (χ4v) is 1.55. The van der Waals surface area contributed by atoms with Gasteiger partial charge in [0, 0.05) is 6.54 Å². The molecule has 0 aliphatic heterocycles. The van der Waals surface area contributed by atoms with Gasteiger partial charge in [-0.15, -0.1) is 0 Å². The summed E-state index contributed by atoms with van der Waals surface area (Å²) in [5.74, 6) is -2.09. The van der Waals surface area contributed by atoms with Crippen LogP contribution < -0.4 is 15.4 Å². The first kappa shape index (κ1) is 16.3. The van der Waals surface area contributed by atoms with Gasteiger partial charge < -0.3 is 25.6 Å². The summed E-state index contributed by atoms with van der Waals surface area (Å²) in [6.45, 7) is 0.155. The van der Waals surface area contributed by atoms with E-state index >= 15 is 0 Å². The highest BCUT2D eigenvalue weighted by atomic mass is 16.5. The Morgan fingerprint density at radius 2 is 2.00 bits per heavy atom. The number of carboxylic acids is 2. The number of nitrogens with one attached hydrogen (secondary N) is 2. The Morgan fingerprint density at radius 3 is 2.57 bits per heavy atom. The molecule has 0 aliphatic carbocycles. The third-order valence-electron chi connectivity index (χ3n) is 2.57. The summed E-state index contributed by atoms with van der Waals surface area (Å²) < 4.78 is 5.03. The smallest absolute Gasteiger partial charge is 0.326 e.